The summed E-state index contributed by atoms with van der Waals surface area (Å²) in [5.41, 5.74) is 0. The van der Waals surface area contributed by atoms with Gasteiger partial charge >= 0.3 is 0 Å². The second kappa shape index (κ2) is 8.17. The number of nitrogens with zero attached hydrogens (tertiary/aromatic N) is 2. The van der Waals surface area contributed by atoms with Crippen LogP contribution in [0, 0.1) is 0 Å². The van der Waals surface area contributed by atoms with Crippen LogP contribution in [0.15, 0.2) is 12.4 Å². The van der Waals surface area contributed by atoms with Crippen molar-refractivity contribution in [1.29, 1.82) is 0 Å². The Labute approximate surface area is 127 Å². The number of carbonyl (C=O) groups is 1. The first kappa shape index (κ1) is 16.0. The Kier molecular flexibility index (Phi) is 6.23. The SMILES string of the molecule is CC(C)NCc1nccn1CC(=O)NC1CCCCCC1. The molecule has 1 amide bonds. The largest absolute Gasteiger partial charge is 0.352 e. The summed E-state index contributed by atoms with van der Waals surface area (Å²) in [6.45, 7) is 5.27. The lowest BCUT2D eigenvalue weighted by molar-refractivity contribution is -0.122. The van der Waals surface area contributed by atoms with Crippen molar-refractivity contribution in [3.05, 3.63) is 18.2 Å². The van der Waals surface area contributed by atoms with Gasteiger partial charge in [0.05, 0.1) is 6.54 Å². The van der Waals surface area contributed by atoms with Gasteiger partial charge in [0.2, 0.25) is 5.91 Å². The zero-order valence-electron chi connectivity index (χ0n) is 13.3. The fourth-order valence-corrected chi connectivity index (χ4v) is 2.80. The van der Waals surface area contributed by atoms with Crippen molar-refractivity contribution in [2.45, 2.75) is 77.5 Å². The molecule has 118 valence electrons. The topological polar surface area (TPSA) is 59.0 Å². The van der Waals surface area contributed by atoms with E-state index in [-0.39, 0.29) is 5.91 Å². The standard InChI is InChI=1S/C16H28N4O/c1-13(2)18-11-15-17-9-10-20(15)12-16(21)19-14-7-5-3-4-6-8-14/h9-10,13-14,18H,3-8,11-12H2,1-2H3,(H,19,21). The van der Waals surface area contributed by atoms with E-state index in [0.29, 0.717) is 25.2 Å². The lowest BCUT2D eigenvalue weighted by atomic mass is 10.1. The van der Waals surface area contributed by atoms with Gasteiger partial charge in [0, 0.05) is 24.5 Å². The molecule has 1 heterocycles. The van der Waals surface area contributed by atoms with Crippen LogP contribution in [0.5, 0.6) is 0 Å². The maximum absolute atomic E-state index is 12.2. The van der Waals surface area contributed by atoms with Gasteiger partial charge in [-0.15, -0.1) is 0 Å². The van der Waals surface area contributed by atoms with Crippen molar-refractivity contribution >= 4 is 5.91 Å². The Morgan fingerprint density at radius 2 is 2.05 bits per heavy atom. The van der Waals surface area contributed by atoms with Gasteiger partial charge in [0.1, 0.15) is 12.4 Å². The van der Waals surface area contributed by atoms with Gasteiger partial charge in [-0.05, 0) is 12.8 Å². The van der Waals surface area contributed by atoms with E-state index < -0.39 is 0 Å². The average molecular weight is 292 g/mol. The molecule has 2 N–H and O–H groups in total. The van der Waals surface area contributed by atoms with Crippen LogP contribution in [-0.4, -0.2) is 27.5 Å². The van der Waals surface area contributed by atoms with Crippen molar-refractivity contribution in [3.8, 4) is 0 Å². The summed E-state index contributed by atoms with van der Waals surface area (Å²) in [6, 6.07) is 0.774. The normalized spacial score (nSPS) is 16.9. The molecule has 0 aromatic carbocycles. The van der Waals surface area contributed by atoms with E-state index in [2.05, 4.69) is 29.5 Å². The number of nitrogens with one attached hydrogen (secondary N) is 2. The minimum Gasteiger partial charge on any atom is -0.352 e. The van der Waals surface area contributed by atoms with E-state index >= 15 is 0 Å². The molecule has 0 unspecified atom stereocenters. The number of hydrogen-bond donors (Lipinski definition) is 2. The van der Waals surface area contributed by atoms with Crippen LogP contribution in [-0.2, 0) is 17.9 Å². The number of hydrogen-bond acceptors (Lipinski definition) is 3. The van der Waals surface area contributed by atoms with Crippen LogP contribution in [0.1, 0.15) is 58.2 Å². The highest BCUT2D eigenvalue weighted by atomic mass is 16.2. The van der Waals surface area contributed by atoms with E-state index in [9.17, 15) is 4.79 Å². The molecule has 1 aromatic heterocycles. The number of aromatic nitrogens is 2. The maximum atomic E-state index is 12.2. The van der Waals surface area contributed by atoms with E-state index in [1.54, 1.807) is 6.20 Å². The molecule has 1 aliphatic carbocycles. The lowest BCUT2D eigenvalue weighted by Gasteiger charge is -2.17. The van der Waals surface area contributed by atoms with Crippen molar-refractivity contribution in [1.82, 2.24) is 20.2 Å². The summed E-state index contributed by atoms with van der Waals surface area (Å²) in [4.78, 5) is 16.5. The molecule has 5 nitrogen and oxygen atoms in total. The summed E-state index contributed by atoms with van der Waals surface area (Å²) in [7, 11) is 0. The highest BCUT2D eigenvalue weighted by molar-refractivity contribution is 5.76. The monoisotopic (exact) mass is 292 g/mol. The molecule has 0 spiro atoms. The Hall–Kier alpha value is -1.36. The number of carbonyl (C=O) groups excluding carboxylic acids is 1. The predicted molar refractivity (Wildman–Crippen MR) is 83.8 cm³/mol. The van der Waals surface area contributed by atoms with E-state index in [1.807, 2.05) is 10.8 Å². The Morgan fingerprint density at radius 3 is 2.71 bits per heavy atom. The molecule has 21 heavy (non-hydrogen) atoms. The summed E-state index contributed by atoms with van der Waals surface area (Å²) >= 11 is 0. The van der Waals surface area contributed by atoms with Crippen molar-refractivity contribution in [2.75, 3.05) is 0 Å². The molecular formula is C16H28N4O. The van der Waals surface area contributed by atoms with Crippen LogP contribution in [0.4, 0.5) is 0 Å². The van der Waals surface area contributed by atoms with Gasteiger partial charge in [-0.3, -0.25) is 4.79 Å². The number of amides is 1. The smallest absolute Gasteiger partial charge is 0.240 e. The van der Waals surface area contributed by atoms with Gasteiger partial charge in [0.15, 0.2) is 0 Å². The van der Waals surface area contributed by atoms with Gasteiger partial charge in [-0.25, -0.2) is 4.98 Å². The second-order valence-corrected chi connectivity index (χ2v) is 6.26. The van der Waals surface area contributed by atoms with E-state index in [4.69, 9.17) is 0 Å². The summed E-state index contributed by atoms with van der Waals surface area (Å²) in [5, 5.41) is 6.52. The quantitative estimate of drug-likeness (QED) is 0.790. The molecular weight excluding hydrogens is 264 g/mol. The fraction of sp³-hybridized carbons (Fsp3) is 0.750. The van der Waals surface area contributed by atoms with E-state index in [0.717, 1.165) is 18.7 Å². The first-order chi connectivity index (χ1) is 10.1. The molecule has 1 aliphatic rings. The van der Waals surface area contributed by atoms with Crippen molar-refractivity contribution < 1.29 is 4.79 Å². The fourth-order valence-electron chi connectivity index (χ4n) is 2.80. The third kappa shape index (κ3) is 5.50. The molecule has 0 saturated heterocycles. The Balaban J connectivity index is 1.83. The van der Waals surface area contributed by atoms with Gasteiger partial charge < -0.3 is 15.2 Å². The summed E-state index contributed by atoms with van der Waals surface area (Å²) in [5.74, 6) is 1.02. The zero-order valence-corrected chi connectivity index (χ0v) is 13.3. The lowest BCUT2D eigenvalue weighted by Crippen LogP contribution is -2.37. The highest BCUT2D eigenvalue weighted by Gasteiger charge is 2.15. The van der Waals surface area contributed by atoms with Crippen LogP contribution in [0.3, 0.4) is 0 Å². The van der Waals surface area contributed by atoms with Crippen molar-refractivity contribution in [2.24, 2.45) is 0 Å². The summed E-state index contributed by atoms with van der Waals surface area (Å²) < 4.78 is 1.93. The molecule has 0 aliphatic heterocycles. The zero-order chi connectivity index (χ0) is 15.1. The molecule has 1 aromatic rings. The molecule has 0 radical (unpaired) electrons. The van der Waals surface area contributed by atoms with Gasteiger partial charge in [0.25, 0.3) is 0 Å². The average Bonchev–Trinajstić information content (AvgIpc) is 2.70. The van der Waals surface area contributed by atoms with Gasteiger partial charge in [-0.1, -0.05) is 39.5 Å². The second-order valence-electron chi connectivity index (χ2n) is 6.26. The van der Waals surface area contributed by atoms with Crippen LogP contribution in [0.2, 0.25) is 0 Å². The predicted octanol–water partition coefficient (Wildman–Crippen LogP) is 2.22. The molecule has 1 fully saturated rings. The Bertz CT molecular complexity index is 433. The van der Waals surface area contributed by atoms with Crippen LogP contribution in [0.25, 0.3) is 0 Å². The molecule has 0 bridgehead atoms. The maximum Gasteiger partial charge on any atom is 0.240 e. The Morgan fingerprint density at radius 1 is 1.33 bits per heavy atom. The minimum absolute atomic E-state index is 0.102. The third-order valence-electron chi connectivity index (χ3n) is 4.00. The first-order valence-electron chi connectivity index (χ1n) is 8.18. The third-order valence-corrected chi connectivity index (χ3v) is 4.00. The highest BCUT2D eigenvalue weighted by Crippen LogP contribution is 2.17. The first-order valence-corrected chi connectivity index (χ1v) is 8.18. The molecule has 2 rings (SSSR count). The molecule has 1 saturated carbocycles. The van der Waals surface area contributed by atoms with Gasteiger partial charge in [-0.2, -0.15) is 0 Å². The molecule has 0 atom stereocenters. The number of imidazole rings is 1. The van der Waals surface area contributed by atoms with Crippen LogP contribution < -0.4 is 10.6 Å². The van der Waals surface area contributed by atoms with E-state index in [1.165, 1.54) is 25.7 Å². The molecule has 5 heteroatoms. The minimum atomic E-state index is 0.102. The van der Waals surface area contributed by atoms with Crippen LogP contribution >= 0.6 is 0 Å². The van der Waals surface area contributed by atoms with Crippen molar-refractivity contribution in [3.63, 3.8) is 0 Å². The summed E-state index contributed by atoms with van der Waals surface area (Å²) in [6.07, 6.45) is 11.0. The number of rotatable bonds is 6.